The Balaban J connectivity index is 1.68. The van der Waals surface area contributed by atoms with Crippen molar-refractivity contribution in [3.63, 3.8) is 0 Å². The first-order valence-corrected chi connectivity index (χ1v) is 9.34. The third-order valence-corrected chi connectivity index (χ3v) is 7.90. The van der Waals surface area contributed by atoms with Crippen LogP contribution in [0, 0.1) is 53.3 Å². The molecule has 0 radical (unpaired) electrons. The second-order valence-corrected chi connectivity index (χ2v) is 8.85. The van der Waals surface area contributed by atoms with Crippen molar-refractivity contribution in [2.24, 2.45) is 40.9 Å². The number of rotatable bonds is 0. The van der Waals surface area contributed by atoms with Gasteiger partial charge in [-0.05, 0) is 79.6 Å². The van der Waals surface area contributed by atoms with Gasteiger partial charge in [-0.25, -0.2) is 0 Å². The van der Waals surface area contributed by atoms with Crippen LogP contribution in [0.15, 0.2) is 11.6 Å². The number of terminal acetylenes is 1. The number of hydrogen-bond donors (Lipinski definition) is 1. The number of hydrogen-bond acceptors (Lipinski definition) is 2. The molecule has 8 atom stereocenters. The number of ketones is 1. The quantitative estimate of drug-likeness (QED) is 0.694. The van der Waals surface area contributed by atoms with E-state index in [2.05, 4.69) is 19.8 Å². The molecular formula is C21H28O2. The fraction of sp³-hybridized carbons (Fsp3) is 0.762. The normalized spacial score (nSPS) is 52.0. The van der Waals surface area contributed by atoms with Crippen LogP contribution >= 0.6 is 0 Å². The topological polar surface area (TPSA) is 37.3 Å². The maximum atomic E-state index is 12.2. The third-order valence-electron chi connectivity index (χ3n) is 7.90. The Kier molecular flexibility index (Phi) is 3.50. The first kappa shape index (κ1) is 15.5. The first-order valence-electron chi connectivity index (χ1n) is 9.34. The number of carbonyl (C=O) groups excluding carboxylic acids is 1. The second kappa shape index (κ2) is 5.21. The van der Waals surface area contributed by atoms with Crippen molar-refractivity contribution in [3.05, 3.63) is 11.6 Å². The molecule has 0 bridgehead atoms. The van der Waals surface area contributed by atoms with Crippen molar-refractivity contribution >= 4 is 5.78 Å². The Labute approximate surface area is 139 Å². The van der Waals surface area contributed by atoms with E-state index in [1.54, 1.807) is 0 Å². The maximum Gasteiger partial charge on any atom is 0.170 e. The zero-order valence-corrected chi connectivity index (χ0v) is 14.3. The summed E-state index contributed by atoms with van der Waals surface area (Å²) < 4.78 is 0. The summed E-state index contributed by atoms with van der Waals surface area (Å²) in [5, 5.41) is 10.5. The predicted molar refractivity (Wildman–Crippen MR) is 90.4 cm³/mol. The van der Waals surface area contributed by atoms with Gasteiger partial charge in [-0.1, -0.05) is 25.3 Å². The van der Waals surface area contributed by atoms with E-state index in [0.29, 0.717) is 29.6 Å². The van der Waals surface area contributed by atoms with Crippen molar-refractivity contribution in [3.8, 4) is 12.3 Å². The average molecular weight is 312 g/mol. The van der Waals surface area contributed by atoms with Crippen LogP contribution in [-0.2, 0) is 4.79 Å². The third kappa shape index (κ3) is 2.09. The minimum Gasteiger partial charge on any atom is -0.393 e. The SMILES string of the molecule is C#CC1C[C@H]2C(=CC1=O)C[C@@H](C)[C@@H]1[C@@H]2CC[C@]2(C)[C@@H](O)CC[C@@H]12. The van der Waals surface area contributed by atoms with E-state index in [1.165, 1.54) is 18.4 Å². The van der Waals surface area contributed by atoms with Crippen LogP contribution in [0.1, 0.15) is 52.4 Å². The molecule has 4 rings (SSSR count). The summed E-state index contributed by atoms with van der Waals surface area (Å²) in [5.74, 6) is 5.80. The lowest BCUT2D eigenvalue weighted by molar-refractivity contribution is -0.119. The van der Waals surface area contributed by atoms with Crippen molar-refractivity contribution < 1.29 is 9.90 Å². The lowest BCUT2D eigenvalue weighted by Crippen LogP contribution is -2.50. The highest BCUT2D eigenvalue weighted by atomic mass is 16.3. The molecule has 1 N–H and O–H groups in total. The molecule has 0 aromatic rings. The van der Waals surface area contributed by atoms with Crippen molar-refractivity contribution in [2.45, 2.75) is 58.5 Å². The van der Waals surface area contributed by atoms with Gasteiger partial charge in [0.15, 0.2) is 5.78 Å². The molecule has 2 heteroatoms. The number of carbonyl (C=O) groups is 1. The molecule has 0 aromatic carbocycles. The number of aliphatic hydroxyl groups is 1. The molecule has 4 aliphatic rings. The molecule has 0 aliphatic heterocycles. The fourth-order valence-corrected chi connectivity index (χ4v) is 6.71. The van der Waals surface area contributed by atoms with Crippen LogP contribution in [0.3, 0.4) is 0 Å². The van der Waals surface area contributed by atoms with E-state index in [-0.39, 0.29) is 23.2 Å². The molecule has 124 valence electrons. The minimum atomic E-state index is -0.208. The largest absolute Gasteiger partial charge is 0.393 e. The molecule has 0 saturated heterocycles. The molecule has 3 saturated carbocycles. The summed E-state index contributed by atoms with van der Waals surface area (Å²) in [7, 11) is 0. The number of aliphatic hydroxyl groups excluding tert-OH is 1. The molecule has 3 fully saturated rings. The van der Waals surface area contributed by atoms with E-state index in [0.717, 1.165) is 25.7 Å². The molecular weight excluding hydrogens is 284 g/mol. The fourth-order valence-electron chi connectivity index (χ4n) is 6.71. The Morgan fingerprint density at radius 1 is 1.35 bits per heavy atom. The van der Waals surface area contributed by atoms with Crippen molar-refractivity contribution in [1.82, 2.24) is 0 Å². The van der Waals surface area contributed by atoms with E-state index in [1.807, 2.05) is 6.08 Å². The number of fused-ring (bicyclic) bond motifs is 5. The summed E-state index contributed by atoms with van der Waals surface area (Å²) in [5.41, 5.74) is 1.49. The minimum absolute atomic E-state index is 0.118. The summed E-state index contributed by atoms with van der Waals surface area (Å²) in [6.07, 6.45) is 13.7. The lowest BCUT2D eigenvalue weighted by Gasteiger charge is -2.56. The zero-order chi connectivity index (χ0) is 16.4. The van der Waals surface area contributed by atoms with Crippen LogP contribution in [0.4, 0.5) is 0 Å². The number of allylic oxidation sites excluding steroid dienone is 1. The Hall–Kier alpha value is -1.07. The van der Waals surface area contributed by atoms with Gasteiger partial charge in [-0.2, -0.15) is 0 Å². The van der Waals surface area contributed by atoms with E-state index in [9.17, 15) is 9.90 Å². The van der Waals surface area contributed by atoms with Gasteiger partial charge in [0.05, 0.1) is 12.0 Å². The highest BCUT2D eigenvalue weighted by Crippen LogP contribution is 2.63. The summed E-state index contributed by atoms with van der Waals surface area (Å²) in [4.78, 5) is 12.2. The van der Waals surface area contributed by atoms with Gasteiger partial charge in [-0.15, -0.1) is 6.42 Å². The van der Waals surface area contributed by atoms with Crippen LogP contribution < -0.4 is 0 Å². The highest BCUT2D eigenvalue weighted by Gasteiger charge is 2.57. The first-order chi connectivity index (χ1) is 11.0. The van der Waals surface area contributed by atoms with Gasteiger partial charge in [0.2, 0.25) is 0 Å². The van der Waals surface area contributed by atoms with Crippen LogP contribution in [-0.4, -0.2) is 17.0 Å². The second-order valence-electron chi connectivity index (χ2n) is 8.85. The van der Waals surface area contributed by atoms with Gasteiger partial charge in [0.25, 0.3) is 0 Å². The predicted octanol–water partition coefficient (Wildman–Crippen LogP) is 3.59. The van der Waals surface area contributed by atoms with Crippen LogP contribution in [0.2, 0.25) is 0 Å². The van der Waals surface area contributed by atoms with Gasteiger partial charge < -0.3 is 5.11 Å². The summed E-state index contributed by atoms with van der Waals surface area (Å²) in [6.45, 7) is 4.68. The Morgan fingerprint density at radius 2 is 2.13 bits per heavy atom. The van der Waals surface area contributed by atoms with E-state index in [4.69, 9.17) is 6.42 Å². The molecule has 2 nitrogen and oxygen atoms in total. The van der Waals surface area contributed by atoms with E-state index >= 15 is 0 Å². The summed E-state index contributed by atoms with van der Waals surface area (Å²) in [6, 6.07) is 0. The average Bonchev–Trinajstić information content (AvgIpc) is 2.82. The van der Waals surface area contributed by atoms with Gasteiger partial charge in [0.1, 0.15) is 0 Å². The molecule has 0 amide bonds. The molecule has 0 spiro atoms. The van der Waals surface area contributed by atoms with Crippen molar-refractivity contribution in [2.75, 3.05) is 0 Å². The lowest BCUT2D eigenvalue weighted by atomic mass is 9.49. The standard InChI is InChI=1S/C21H28O2/c1-4-13-10-16-14(11-18(13)22)9-12(2)20-15(16)7-8-21(3)17(20)5-6-19(21)23/h1,11-13,15-17,19-20,23H,5-10H2,2-3H3/t12-,13?,15-,16+,17+,19+,20-,21+/m1/s1. The molecule has 23 heavy (non-hydrogen) atoms. The maximum absolute atomic E-state index is 12.2. The highest BCUT2D eigenvalue weighted by molar-refractivity contribution is 5.95. The Bertz CT molecular complexity index is 597. The van der Waals surface area contributed by atoms with Gasteiger partial charge >= 0.3 is 0 Å². The van der Waals surface area contributed by atoms with Crippen LogP contribution in [0.5, 0.6) is 0 Å². The molecule has 0 heterocycles. The monoisotopic (exact) mass is 312 g/mol. The zero-order valence-electron chi connectivity index (χ0n) is 14.3. The van der Waals surface area contributed by atoms with Crippen LogP contribution in [0.25, 0.3) is 0 Å². The molecule has 1 unspecified atom stereocenters. The molecule has 4 aliphatic carbocycles. The van der Waals surface area contributed by atoms with Gasteiger partial charge in [-0.3, -0.25) is 4.79 Å². The van der Waals surface area contributed by atoms with Gasteiger partial charge in [0, 0.05) is 0 Å². The summed E-state index contributed by atoms with van der Waals surface area (Å²) >= 11 is 0. The van der Waals surface area contributed by atoms with E-state index < -0.39 is 0 Å². The Morgan fingerprint density at radius 3 is 2.87 bits per heavy atom. The molecule has 0 aromatic heterocycles. The smallest absolute Gasteiger partial charge is 0.170 e. The van der Waals surface area contributed by atoms with Crippen molar-refractivity contribution in [1.29, 1.82) is 0 Å².